The summed E-state index contributed by atoms with van der Waals surface area (Å²) in [6.45, 7) is 8.92. The molecule has 0 fully saturated rings. The van der Waals surface area contributed by atoms with Crippen LogP contribution in [0.5, 0.6) is 0 Å². The van der Waals surface area contributed by atoms with Gasteiger partial charge in [-0.1, -0.05) is 23.8 Å². The number of fused-ring (bicyclic) bond motifs is 3. The molecule has 2 aromatic heterocycles. The molecule has 0 aliphatic carbocycles. The Labute approximate surface area is 150 Å². The summed E-state index contributed by atoms with van der Waals surface area (Å²) in [5.41, 5.74) is 2.39. The molecule has 0 saturated heterocycles. The maximum Gasteiger partial charge on any atom is 0.333 e. The standard InChI is InChI=1S/C19H21N5O2/c1-5-13(3)24-17(25)15-16(21(4)19(24)26)20-18-22(10-11-23(15)18)14-8-6-12(2)7-9-14/h5-9,13H,1,10-11H2,2-4H3/t13-/m1/s1. The predicted molar refractivity (Wildman–Crippen MR) is 102 cm³/mol. The molecule has 7 heteroatoms. The minimum absolute atomic E-state index is 0.319. The van der Waals surface area contributed by atoms with Gasteiger partial charge in [-0.15, -0.1) is 6.58 Å². The van der Waals surface area contributed by atoms with Crippen molar-refractivity contribution in [2.75, 3.05) is 11.4 Å². The fourth-order valence-electron chi connectivity index (χ4n) is 3.48. The van der Waals surface area contributed by atoms with Crippen LogP contribution >= 0.6 is 0 Å². The van der Waals surface area contributed by atoms with Crippen LogP contribution in [-0.4, -0.2) is 25.2 Å². The first-order valence-corrected chi connectivity index (χ1v) is 8.62. The number of allylic oxidation sites excluding steroid dienone is 1. The summed E-state index contributed by atoms with van der Waals surface area (Å²) < 4.78 is 4.58. The number of imidazole rings is 1. The van der Waals surface area contributed by atoms with Gasteiger partial charge >= 0.3 is 5.69 Å². The largest absolute Gasteiger partial charge is 0.333 e. The molecule has 0 N–H and O–H groups in total. The lowest BCUT2D eigenvalue weighted by molar-refractivity contribution is 0.572. The lowest BCUT2D eigenvalue weighted by Crippen LogP contribution is -2.40. The topological polar surface area (TPSA) is 65.1 Å². The van der Waals surface area contributed by atoms with E-state index in [1.807, 2.05) is 23.6 Å². The fraction of sp³-hybridized carbons (Fsp3) is 0.316. The second kappa shape index (κ2) is 5.72. The van der Waals surface area contributed by atoms with Crippen molar-refractivity contribution in [3.8, 4) is 0 Å². The van der Waals surface area contributed by atoms with Gasteiger partial charge in [0, 0.05) is 25.8 Å². The van der Waals surface area contributed by atoms with Crippen LogP contribution in [0.2, 0.25) is 0 Å². The van der Waals surface area contributed by atoms with E-state index < -0.39 is 0 Å². The Morgan fingerprint density at radius 1 is 1.19 bits per heavy atom. The summed E-state index contributed by atoms with van der Waals surface area (Å²) in [6.07, 6.45) is 1.59. The van der Waals surface area contributed by atoms with Crippen LogP contribution in [0.3, 0.4) is 0 Å². The van der Waals surface area contributed by atoms with Crippen LogP contribution in [0.1, 0.15) is 18.5 Å². The van der Waals surface area contributed by atoms with E-state index in [-0.39, 0.29) is 17.3 Å². The molecule has 0 amide bonds. The van der Waals surface area contributed by atoms with E-state index in [4.69, 9.17) is 0 Å². The van der Waals surface area contributed by atoms with Gasteiger partial charge < -0.3 is 9.47 Å². The molecule has 0 bridgehead atoms. The van der Waals surface area contributed by atoms with E-state index in [0.29, 0.717) is 23.7 Å². The maximum atomic E-state index is 13.0. The highest BCUT2D eigenvalue weighted by atomic mass is 16.2. The molecule has 1 aliphatic rings. The quantitative estimate of drug-likeness (QED) is 0.678. The molecule has 26 heavy (non-hydrogen) atoms. The smallest absolute Gasteiger partial charge is 0.310 e. The van der Waals surface area contributed by atoms with Crippen LogP contribution in [0, 0.1) is 6.92 Å². The number of benzene rings is 1. The van der Waals surface area contributed by atoms with E-state index in [1.165, 1.54) is 14.7 Å². The number of nitrogens with zero attached hydrogens (tertiary/aromatic N) is 5. The number of anilines is 2. The molecule has 1 aromatic carbocycles. The Kier molecular flexibility index (Phi) is 3.61. The number of hydrogen-bond acceptors (Lipinski definition) is 4. The zero-order valence-corrected chi connectivity index (χ0v) is 15.1. The van der Waals surface area contributed by atoms with E-state index in [2.05, 4.69) is 28.6 Å². The van der Waals surface area contributed by atoms with Crippen LogP contribution < -0.4 is 16.1 Å². The Morgan fingerprint density at radius 3 is 2.54 bits per heavy atom. The Hall–Kier alpha value is -3.09. The molecule has 0 saturated carbocycles. The van der Waals surface area contributed by atoms with Gasteiger partial charge in [0.25, 0.3) is 5.56 Å². The van der Waals surface area contributed by atoms with Crippen LogP contribution in [0.4, 0.5) is 11.6 Å². The van der Waals surface area contributed by atoms with Crippen molar-refractivity contribution in [3.05, 3.63) is 63.3 Å². The first-order chi connectivity index (χ1) is 12.4. The SMILES string of the molecule is C=C[C@@H](C)n1c(=O)c2c(nc3n2CCN3c2ccc(C)cc2)n(C)c1=O. The van der Waals surface area contributed by atoms with Crippen molar-refractivity contribution >= 4 is 22.8 Å². The van der Waals surface area contributed by atoms with Gasteiger partial charge in [0.1, 0.15) is 0 Å². The van der Waals surface area contributed by atoms with Gasteiger partial charge in [0.15, 0.2) is 11.2 Å². The Morgan fingerprint density at radius 2 is 1.88 bits per heavy atom. The summed E-state index contributed by atoms with van der Waals surface area (Å²) >= 11 is 0. The highest BCUT2D eigenvalue weighted by molar-refractivity contribution is 5.77. The summed E-state index contributed by atoms with van der Waals surface area (Å²) in [7, 11) is 1.65. The molecule has 134 valence electrons. The van der Waals surface area contributed by atoms with Gasteiger partial charge in [0.2, 0.25) is 5.95 Å². The van der Waals surface area contributed by atoms with Crippen molar-refractivity contribution in [1.82, 2.24) is 18.7 Å². The molecular formula is C19H21N5O2. The zero-order valence-electron chi connectivity index (χ0n) is 15.1. The lowest BCUT2D eigenvalue weighted by Gasteiger charge is -2.16. The van der Waals surface area contributed by atoms with Crippen LogP contribution in [0.15, 0.2) is 46.5 Å². The average Bonchev–Trinajstić information content (AvgIpc) is 3.20. The van der Waals surface area contributed by atoms with Crippen molar-refractivity contribution in [2.45, 2.75) is 26.4 Å². The van der Waals surface area contributed by atoms with Gasteiger partial charge in [0.05, 0.1) is 6.04 Å². The minimum atomic E-state index is -0.383. The number of hydrogen-bond donors (Lipinski definition) is 0. The maximum absolute atomic E-state index is 13.0. The van der Waals surface area contributed by atoms with Crippen LogP contribution in [-0.2, 0) is 13.6 Å². The lowest BCUT2D eigenvalue weighted by atomic mass is 10.2. The van der Waals surface area contributed by atoms with Crippen molar-refractivity contribution in [1.29, 1.82) is 0 Å². The Balaban J connectivity index is 1.98. The second-order valence-electron chi connectivity index (χ2n) is 6.72. The second-order valence-corrected chi connectivity index (χ2v) is 6.72. The summed E-state index contributed by atoms with van der Waals surface area (Å²) in [5.74, 6) is 0.694. The molecule has 0 unspecified atom stereocenters. The molecule has 3 heterocycles. The highest BCUT2D eigenvalue weighted by Crippen LogP contribution is 2.31. The van der Waals surface area contributed by atoms with Crippen molar-refractivity contribution in [2.24, 2.45) is 7.05 Å². The summed E-state index contributed by atoms with van der Waals surface area (Å²) in [6, 6.07) is 7.80. The molecular weight excluding hydrogens is 330 g/mol. The monoisotopic (exact) mass is 351 g/mol. The van der Waals surface area contributed by atoms with Crippen molar-refractivity contribution < 1.29 is 0 Å². The third-order valence-corrected chi connectivity index (χ3v) is 5.04. The van der Waals surface area contributed by atoms with Crippen LogP contribution in [0.25, 0.3) is 11.2 Å². The van der Waals surface area contributed by atoms with Gasteiger partial charge in [-0.25, -0.2) is 4.79 Å². The third-order valence-electron chi connectivity index (χ3n) is 5.04. The van der Waals surface area contributed by atoms with Crippen molar-refractivity contribution in [3.63, 3.8) is 0 Å². The Bertz CT molecular complexity index is 1130. The van der Waals surface area contributed by atoms with E-state index in [0.717, 1.165) is 12.2 Å². The normalized spacial score (nSPS) is 14.7. The average molecular weight is 351 g/mol. The van der Waals surface area contributed by atoms with Gasteiger partial charge in [-0.05, 0) is 26.0 Å². The molecule has 0 radical (unpaired) electrons. The molecule has 1 aliphatic heterocycles. The third kappa shape index (κ3) is 2.16. The molecule has 7 nitrogen and oxygen atoms in total. The number of aryl methyl sites for hydroxylation is 2. The van der Waals surface area contributed by atoms with Gasteiger partial charge in [-0.2, -0.15) is 4.98 Å². The van der Waals surface area contributed by atoms with E-state index in [9.17, 15) is 9.59 Å². The summed E-state index contributed by atoms with van der Waals surface area (Å²) in [5, 5.41) is 0. The first kappa shape index (κ1) is 16.4. The molecule has 3 aromatic rings. The zero-order chi connectivity index (χ0) is 18.6. The highest BCUT2D eigenvalue weighted by Gasteiger charge is 2.29. The number of aromatic nitrogens is 4. The predicted octanol–water partition coefficient (Wildman–Crippen LogP) is 2.10. The fourth-order valence-corrected chi connectivity index (χ4v) is 3.48. The van der Waals surface area contributed by atoms with Gasteiger partial charge in [-0.3, -0.25) is 13.9 Å². The summed E-state index contributed by atoms with van der Waals surface area (Å²) in [4.78, 5) is 32.4. The minimum Gasteiger partial charge on any atom is -0.310 e. The van der Waals surface area contributed by atoms with E-state index >= 15 is 0 Å². The molecule has 4 rings (SSSR count). The first-order valence-electron chi connectivity index (χ1n) is 8.62. The van der Waals surface area contributed by atoms with E-state index in [1.54, 1.807) is 20.0 Å². The molecule has 0 spiro atoms. The number of rotatable bonds is 3. The molecule has 1 atom stereocenters.